The Labute approximate surface area is 123 Å². The number of aryl methyl sites for hydroxylation is 1. The number of hydrogen-bond acceptors (Lipinski definition) is 4. The number of fused-ring (bicyclic) bond motifs is 1. The number of pyridine rings is 1. The van der Waals surface area contributed by atoms with Crippen LogP contribution in [0.2, 0.25) is 0 Å². The molecule has 0 spiro atoms. The van der Waals surface area contributed by atoms with Gasteiger partial charge in [0.15, 0.2) is 0 Å². The number of ether oxygens (including phenoxy) is 1. The summed E-state index contributed by atoms with van der Waals surface area (Å²) < 4.78 is 7.46. The normalized spacial score (nSPS) is 10.8. The number of para-hydroxylation sites is 2. The Bertz CT molecular complexity index is 751. The SMILES string of the molecule is CCn1c(CNc2cccnc2OC)nc2ccccc21. The molecule has 3 aromatic rings. The van der Waals surface area contributed by atoms with Crippen molar-refractivity contribution in [2.24, 2.45) is 0 Å². The van der Waals surface area contributed by atoms with Gasteiger partial charge in [-0.15, -0.1) is 0 Å². The van der Waals surface area contributed by atoms with Crippen LogP contribution in [0.5, 0.6) is 5.88 Å². The van der Waals surface area contributed by atoms with Crippen molar-refractivity contribution < 1.29 is 4.74 Å². The van der Waals surface area contributed by atoms with E-state index in [1.54, 1.807) is 13.3 Å². The number of aromatic nitrogens is 3. The lowest BCUT2D eigenvalue weighted by Gasteiger charge is -2.10. The fourth-order valence-electron chi connectivity index (χ4n) is 2.48. The molecule has 0 bridgehead atoms. The number of nitrogens with one attached hydrogen (secondary N) is 1. The molecule has 108 valence electrons. The average Bonchev–Trinajstić information content (AvgIpc) is 2.90. The van der Waals surface area contributed by atoms with Gasteiger partial charge < -0.3 is 14.6 Å². The Hall–Kier alpha value is -2.56. The van der Waals surface area contributed by atoms with Crippen LogP contribution in [0.4, 0.5) is 5.69 Å². The van der Waals surface area contributed by atoms with E-state index in [0.717, 1.165) is 29.1 Å². The largest absolute Gasteiger partial charge is 0.480 e. The summed E-state index contributed by atoms with van der Waals surface area (Å²) in [4.78, 5) is 8.88. The van der Waals surface area contributed by atoms with E-state index in [-0.39, 0.29) is 0 Å². The third-order valence-corrected chi connectivity index (χ3v) is 3.45. The van der Waals surface area contributed by atoms with E-state index in [1.165, 1.54) is 0 Å². The number of methoxy groups -OCH3 is 1. The second-order valence-corrected chi connectivity index (χ2v) is 4.67. The molecule has 0 fully saturated rings. The van der Waals surface area contributed by atoms with Crippen LogP contribution in [0.25, 0.3) is 11.0 Å². The fraction of sp³-hybridized carbons (Fsp3) is 0.250. The summed E-state index contributed by atoms with van der Waals surface area (Å²) in [6.07, 6.45) is 1.71. The van der Waals surface area contributed by atoms with Gasteiger partial charge in [-0.3, -0.25) is 0 Å². The van der Waals surface area contributed by atoms with E-state index in [4.69, 9.17) is 9.72 Å². The van der Waals surface area contributed by atoms with Crippen LogP contribution in [0.1, 0.15) is 12.7 Å². The molecule has 0 aliphatic rings. The third-order valence-electron chi connectivity index (χ3n) is 3.45. The molecule has 5 heteroatoms. The van der Waals surface area contributed by atoms with Crippen molar-refractivity contribution in [2.45, 2.75) is 20.0 Å². The number of anilines is 1. The molecule has 0 atom stereocenters. The quantitative estimate of drug-likeness (QED) is 0.781. The molecule has 0 saturated heterocycles. The highest BCUT2D eigenvalue weighted by atomic mass is 16.5. The predicted molar refractivity (Wildman–Crippen MR) is 83.5 cm³/mol. The number of benzene rings is 1. The van der Waals surface area contributed by atoms with Crippen LogP contribution in [-0.4, -0.2) is 21.6 Å². The lowest BCUT2D eigenvalue weighted by molar-refractivity contribution is 0.399. The molecular formula is C16H18N4O. The molecule has 5 nitrogen and oxygen atoms in total. The van der Waals surface area contributed by atoms with Gasteiger partial charge in [0.05, 0.1) is 30.4 Å². The van der Waals surface area contributed by atoms with E-state index >= 15 is 0 Å². The molecular weight excluding hydrogens is 264 g/mol. The van der Waals surface area contributed by atoms with Crippen molar-refractivity contribution in [1.82, 2.24) is 14.5 Å². The summed E-state index contributed by atoms with van der Waals surface area (Å²) in [5.41, 5.74) is 3.05. The summed E-state index contributed by atoms with van der Waals surface area (Å²) >= 11 is 0. The Kier molecular flexibility index (Phi) is 3.73. The van der Waals surface area contributed by atoms with Crippen LogP contribution in [0, 0.1) is 0 Å². The first-order valence-electron chi connectivity index (χ1n) is 7.00. The van der Waals surface area contributed by atoms with Gasteiger partial charge in [-0.25, -0.2) is 9.97 Å². The van der Waals surface area contributed by atoms with Crippen molar-refractivity contribution in [3.05, 3.63) is 48.4 Å². The van der Waals surface area contributed by atoms with Crippen LogP contribution in [0.15, 0.2) is 42.6 Å². The summed E-state index contributed by atoms with van der Waals surface area (Å²) in [6, 6.07) is 12.0. The first kappa shape index (κ1) is 13.4. The maximum Gasteiger partial charge on any atom is 0.237 e. The maximum atomic E-state index is 5.25. The highest BCUT2D eigenvalue weighted by molar-refractivity contribution is 5.76. The van der Waals surface area contributed by atoms with E-state index in [0.29, 0.717) is 12.4 Å². The van der Waals surface area contributed by atoms with Crippen molar-refractivity contribution in [2.75, 3.05) is 12.4 Å². The number of imidazole rings is 1. The van der Waals surface area contributed by atoms with Crippen molar-refractivity contribution in [3.63, 3.8) is 0 Å². The van der Waals surface area contributed by atoms with Crippen LogP contribution in [-0.2, 0) is 13.1 Å². The summed E-state index contributed by atoms with van der Waals surface area (Å²) in [5, 5.41) is 3.35. The zero-order valence-electron chi connectivity index (χ0n) is 12.2. The first-order valence-corrected chi connectivity index (χ1v) is 7.00. The van der Waals surface area contributed by atoms with Gasteiger partial charge in [-0.05, 0) is 31.2 Å². The number of rotatable bonds is 5. The molecule has 0 unspecified atom stereocenters. The summed E-state index contributed by atoms with van der Waals surface area (Å²) in [6.45, 7) is 3.65. The predicted octanol–water partition coefficient (Wildman–Crippen LogP) is 3.07. The van der Waals surface area contributed by atoms with Crippen LogP contribution in [0.3, 0.4) is 0 Å². The lowest BCUT2D eigenvalue weighted by Crippen LogP contribution is -2.08. The zero-order chi connectivity index (χ0) is 14.7. The van der Waals surface area contributed by atoms with Gasteiger partial charge in [0.1, 0.15) is 5.82 Å². The van der Waals surface area contributed by atoms with Crippen LogP contribution >= 0.6 is 0 Å². The van der Waals surface area contributed by atoms with Gasteiger partial charge >= 0.3 is 0 Å². The lowest BCUT2D eigenvalue weighted by atomic mass is 10.3. The highest BCUT2D eigenvalue weighted by Crippen LogP contribution is 2.22. The minimum absolute atomic E-state index is 0.594. The van der Waals surface area contributed by atoms with Gasteiger partial charge in [0.2, 0.25) is 5.88 Å². The maximum absolute atomic E-state index is 5.25. The monoisotopic (exact) mass is 282 g/mol. The van der Waals surface area contributed by atoms with E-state index in [9.17, 15) is 0 Å². The second kappa shape index (κ2) is 5.83. The molecule has 0 aliphatic heterocycles. The summed E-state index contributed by atoms with van der Waals surface area (Å²) in [7, 11) is 1.62. The molecule has 3 rings (SSSR count). The standard InChI is InChI=1S/C16H18N4O/c1-3-20-14-9-5-4-7-12(14)19-15(20)11-18-13-8-6-10-17-16(13)21-2/h4-10,18H,3,11H2,1-2H3. The Morgan fingerprint density at radius 1 is 1.19 bits per heavy atom. The summed E-state index contributed by atoms with van der Waals surface area (Å²) in [5.74, 6) is 1.60. The molecule has 2 heterocycles. The Balaban J connectivity index is 1.88. The van der Waals surface area contributed by atoms with Gasteiger partial charge in [0.25, 0.3) is 0 Å². The molecule has 0 saturated carbocycles. The smallest absolute Gasteiger partial charge is 0.237 e. The van der Waals surface area contributed by atoms with Crippen molar-refractivity contribution >= 4 is 16.7 Å². The Morgan fingerprint density at radius 2 is 2.05 bits per heavy atom. The number of hydrogen-bond donors (Lipinski definition) is 1. The molecule has 21 heavy (non-hydrogen) atoms. The van der Waals surface area contributed by atoms with Crippen molar-refractivity contribution in [3.8, 4) is 5.88 Å². The van der Waals surface area contributed by atoms with E-state index in [1.807, 2.05) is 30.3 Å². The van der Waals surface area contributed by atoms with E-state index in [2.05, 4.69) is 27.9 Å². The molecule has 0 amide bonds. The average molecular weight is 282 g/mol. The highest BCUT2D eigenvalue weighted by Gasteiger charge is 2.10. The fourth-order valence-corrected chi connectivity index (χ4v) is 2.48. The second-order valence-electron chi connectivity index (χ2n) is 4.67. The van der Waals surface area contributed by atoms with Gasteiger partial charge in [-0.2, -0.15) is 0 Å². The molecule has 1 N–H and O–H groups in total. The third kappa shape index (κ3) is 2.54. The molecule has 0 radical (unpaired) electrons. The molecule has 1 aromatic carbocycles. The van der Waals surface area contributed by atoms with Gasteiger partial charge in [0, 0.05) is 12.7 Å². The topological polar surface area (TPSA) is 52.0 Å². The molecule has 0 aliphatic carbocycles. The Morgan fingerprint density at radius 3 is 2.86 bits per heavy atom. The minimum Gasteiger partial charge on any atom is -0.480 e. The zero-order valence-corrected chi connectivity index (χ0v) is 12.2. The number of nitrogens with zero attached hydrogens (tertiary/aromatic N) is 3. The minimum atomic E-state index is 0.594. The van der Waals surface area contributed by atoms with Crippen LogP contribution < -0.4 is 10.1 Å². The first-order chi connectivity index (χ1) is 10.3. The molecule has 2 aromatic heterocycles. The van der Waals surface area contributed by atoms with Crippen molar-refractivity contribution in [1.29, 1.82) is 0 Å². The van der Waals surface area contributed by atoms with E-state index < -0.39 is 0 Å². The van der Waals surface area contributed by atoms with Gasteiger partial charge in [-0.1, -0.05) is 12.1 Å².